The zero-order valence-corrected chi connectivity index (χ0v) is 11.2. The van der Waals surface area contributed by atoms with Gasteiger partial charge in [0.2, 0.25) is 0 Å². The van der Waals surface area contributed by atoms with Crippen LogP contribution in [-0.4, -0.2) is 25.2 Å². The van der Waals surface area contributed by atoms with Gasteiger partial charge in [-0.25, -0.2) is 0 Å². The van der Waals surface area contributed by atoms with Crippen LogP contribution in [0.3, 0.4) is 0 Å². The van der Waals surface area contributed by atoms with Crippen molar-refractivity contribution in [2.75, 3.05) is 18.0 Å². The van der Waals surface area contributed by atoms with Crippen LogP contribution in [0.25, 0.3) is 0 Å². The van der Waals surface area contributed by atoms with Gasteiger partial charge in [-0.3, -0.25) is 0 Å². The molecule has 1 fully saturated rings. The number of nitrogens with zero attached hydrogens (tertiary/aromatic N) is 1. The second-order valence-corrected chi connectivity index (χ2v) is 4.79. The van der Waals surface area contributed by atoms with Gasteiger partial charge in [0.15, 0.2) is 0 Å². The smallest absolute Gasteiger partial charge is 0.0407 e. The molecule has 2 nitrogen and oxygen atoms in total. The Balaban J connectivity index is 0.00000128. The summed E-state index contributed by atoms with van der Waals surface area (Å²) in [6, 6.07) is 9.18. The molecule has 1 aliphatic rings. The van der Waals surface area contributed by atoms with E-state index >= 15 is 0 Å². The summed E-state index contributed by atoms with van der Waals surface area (Å²) >= 11 is 5.88. The van der Waals surface area contributed by atoms with Crippen LogP contribution in [0.4, 0.5) is 5.69 Å². The molecule has 4 heteroatoms. The lowest BCUT2D eigenvalue weighted by molar-refractivity contribution is 0.407. The van der Waals surface area contributed by atoms with Crippen molar-refractivity contribution < 1.29 is 0 Å². The maximum Gasteiger partial charge on any atom is 0.0407 e. The van der Waals surface area contributed by atoms with E-state index < -0.39 is 0 Å². The van der Waals surface area contributed by atoms with Gasteiger partial charge >= 0.3 is 0 Å². The Bertz CT molecular complexity index is 316. The van der Waals surface area contributed by atoms with E-state index in [9.17, 15) is 0 Å². The molecule has 1 aliphatic heterocycles. The fourth-order valence-corrected chi connectivity index (χ4v) is 2.32. The second kappa shape index (κ2) is 5.76. The third-order valence-electron chi connectivity index (χ3n) is 2.75. The van der Waals surface area contributed by atoms with Gasteiger partial charge in [-0.05, 0) is 38.1 Å². The highest BCUT2D eigenvalue weighted by Gasteiger charge is 2.20. The summed E-state index contributed by atoms with van der Waals surface area (Å²) in [5.41, 5.74) is 1.26. The summed E-state index contributed by atoms with van der Waals surface area (Å²) in [6.07, 6.45) is 0. The topological polar surface area (TPSA) is 15.3 Å². The Labute approximate surface area is 108 Å². The summed E-state index contributed by atoms with van der Waals surface area (Å²) in [5.74, 6) is 0. The Morgan fingerprint density at radius 1 is 1.12 bits per heavy atom. The molecule has 1 N–H and O–H groups in total. The highest BCUT2D eigenvalue weighted by molar-refractivity contribution is 6.30. The standard InChI is InChI=1S/C12H17ClN2.ClH/c1-9-7-15(8-10(2)14-9)12-5-3-11(13)4-6-12;/h3-6,9-10,14H,7-8H2,1-2H3;1H/t9-,10-;/m0./s1. The molecule has 0 aliphatic carbocycles. The molecule has 1 aromatic carbocycles. The fourth-order valence-electron chi connectivity index (χ4n) is 2.19. The van der Waals surface area contributed by atoms with Gasteiger partial charge in [-0.2, -0.15) is 0 Å². The van der Waals surface area contributed by atoms with Crippen molar-refractivity contribution in [2.24, 2.45) is 0 Å². The van der Waals surface area contributed by atoms with Crippen molar-refractivity contribution >= 4 is 29.7 Å². The average molecular weight is 261 g/mol. The van der Waals surface area contributed by atoms with E-state index in [0.717, 1.165) is 18.1 Å². The summed E-state index contributed by atoms with van der Waals surface area (Å²) in [4.78, 5) is 2.40. The molecule has 0 unspecified atom stereocenters. The van der Waals surface area contributed by atoms with Crippen LogP contribution >= 0.6 is 24.0 Å². The first-order chi connectivity index (χ1) is 7.15. The van der Waals surface area contributed by atoms with Crippen molar-refractivity contribution in [3.8, 4) is 0 Å². The monoisotopic (exact) mass is 260 g/mol. The number of piperazine rings is 1. The molecule has 0 spiro atoms. The van der Waals surface area contributed by atoms with Gasteiger partial charge in [0.25, 0.3) is 0 Å². The lowest BCUT2D eigenvalue weighted by atomic mass is 10.1. The van der Waals surface area contributed by atoms with E-state index in [1.807, 2.05) is 12.1 Å². The molecule has 2 rings (SSSR count). The van der Waals surface area contributed by atoms with Crippen LogP contribution in [0.15, 0.2) is 24.3 Å². The second-order valence-electron chi connectivity index (χ2n) is 4.35. The Hall–Kier alpha value is -0.440. The third-order valence-corrected chi connectivity index (χ3v) is 3.00. The van der Waals surface area contributed by atoms with Gasteiger partial charge < -0.3 is 10.2 Å². The number of nitrogens with one attached hydrogen (secondary N) is 1. The maximum absolute atomic E-state index is 5.88. The molecule has 1 saturated heterocycles. The van der Waals surface area contributed by atoms with Crippen molar-refractivity contribution in [1.82, 2.24) is 5.32 Å². The van der Waals surface area contributed by atoms with Gasteiger partial charge in [-0.15, -0.1) is 12.4 Å². The third kappa shape index (κ3) is 3.27. The summed E-state index contributed by atoms with van der Waals surface area (Å²) in [7, 11) is 0. The highest BCUT2D eigenvalue weighted by atomic mass is 35.5. The minimum atomic E-state index is 0. The van der Waals surface area contributed by atoms with Crippen LogP contribution in [-0.2, 0) is 0 Å². The molecular formula is C12H18Cl2N2. The molecule has 0 radical (unpaired) electrons. The Kier molecular flexibility index (Phi) is 4.90. The van der Waals surface area contributed by atoms with Crippen molar-refractivity contribution in [3.05, 3.63) is 29.3 Å². The molecular weight excluding hydrogens is 243 g/mol. The first-order valence-corrected chi connectivity index (χ1v) is 5.79. The molecule has 1 heterocycles. The first kappa shape index (κ1) is 13.6. The van der Waals surface area contributed by atoms with Gasteiger partial charge in [0, 0.05) is 35.9 Å². The summed E-state index contributed by atoms with van der Waals surface area (Å²) in [6.45, 7) is 6.56. The van der Waals surface area contributed by atoms with Crippen molar-refractivity contribution in [3.63, 3.8) is 0 Å². The molecule has 0 amide bonds. The van der Waals surface area contributed by atoms with Gasteiger partial charge in [0.1, 0.15) is 0 Å². The minimum Gasteiger partial charge on any atom is -0.368 e. The predicted octanol–water partition coefficient (Wildman–Crippen LogP) is 2.95. The van der Waals surface area contributed by atoms with Crippen molar-refractivity contribution in [1.29, 1.82) is 0 Å². The van der Waals surface area contributed by atoms with Crippen LogP contribution in [0.1, 0.15) is 13.8 Å². The minimum absolute atomic E-state index is 0. The quantitative estimate of drug-likeness (QED) is 0.836. The zero-order chi connectivity index (χ0) is 10.8. The predicted molar refractivity (Wildman–Crippen MR) is 73.0 cm³/mol. The van der Waals surface area contributed by atoms with E-state index in [2.05, 4.69) is 36.2 Å². The normalized spacial score (nSPS) is 25.1. The average Bonchev–Trinajstić information content (AvgIpc) is 2.17. The molecule has 90 valence electrons. The number of hydrogen-bond acceptors (Lipinski definition) is 2. The van der Waals surface area contributed by atoms with Crippen molar-refractivity contribution in [2.45, 2.75) is 25.9 Å². The SMILES string of the molecule is C[C@H]1CN(c2ccc(Cl)cc2)C[C@H](C)N1.Cl. The fraction of sp³-hybridized carbons (Fsp3) is 0.500. The summed E-state index contributed by atoms with van der Waals surface area (Å²) in [5, 5.41) is 4.32. The number of benzene rings is 1. The van der Waals surface area contributed by atoms with Crippen LogP contribution < -0.4 is 10.2 Å². The number of anilines is 1. The summed E-state index contributed by atoms with van der Waals surface area (Å²) < 4.78 is 0. The molecule has 0 aromatic heterocycles. The first-order valence-electron chi connectivity index (χ1n) is 5.41. The Morgan fingerprint density at radius 3 is 2.12 bits per heavy atom. The van der Waals surface area contributed by atoms with E-state index in [1.165, 1.54) is 5.69 Å². The van der Waals surface area contributed by atoms with E-state index in [1.54, 1.807) is 0 Å². The lowest BCUT2D eigenvalue weighted by Gasteiger charge is -2.37. The Morgan fingerprint density at radius 2 is 1.62 bits per heavy atom. The van der Waals surface area contributed by atoms with Gasteiger partial charge in [0.05, 0.1) is 0 Å². The maximum atomic E-state index is 5.88. The van der Waals surface area contributed by atoms with Gasteiger partial charge in [-0.1, -0.05) is 11.6 Å². The lowest BCUT2D eigenvalue weighted by Crippen LogP contribution is -2.54. The zero-order valence-electron chi connectivity index (χ0n) is 9.61. The van der Waals surface area contributed by atoms with Crippen LogP contribution in [0.2, 0.25) is 5.02 Å². The molecule has 2 atom stereocenters. The number of halogens is 2. The van der Waals surface area contributed by atoms with Crippen LogP contribution in [0.5, 0.6) is 0 Å². The molecule has 0 bridgehead atoms. The highest BCUT2D eigenvalue weighted by Crippen LogP contribution is 2.20. The molecule has 1 aromatic rings. The largest absolute Gasteiger partial charge is 0.368 e. The number of hydrogen-bond donors (Lipinski definition) is 1. The molecule has 0 saturated carbocycles. The van der Waals surface area contributed by atoms with E-state index in [0.29, 0.717) is 12.1 Å². The number of rotatable bonds is 1. The van der Waals surface area contributed by atoms with Crippen LogP contribution in [0, 0.1) is 0 Å². The van der Waals surface area contributed by atoms with E-state index in [4.69, 9.17) is 11.6 Å². The van der Waals surface area contributed by atoms with E-state index in [-0.39, 0.29) is 12.4 Å². The molecule has 16 heavy (non-hydrogen) atoms.